The van der Waals surface area contributed by atoms with E-state index in [0.29, 0.717) is 33.8 Å². The van der Waals surface area contributed by atoms with Crippen molar-refractivity contribution in [3.63, 3.8) is 0 Å². The number of thiol groups is 1. The summed E-state index contributed by atoms with van der Waals surface area (Å²) < 4.78 is 8.88. The number of hydrogen-bond acceptors (Lipinski definition) is 7. The van der Waals surface area contributed by atoms with Crippen molar-refractivity contribution < 1.29 is 4.74 Å². The number of pyridine rings is 1. The van der Waals surface area contributed by atoms with Crippen LogP contribution in [-0.2, 0) is 0 Å². The van der Waals surface area contributed by atoms with Gasteiger partial charge in [-0.2, -0.15) is 12.6 Å². The van der Waals surface area contributed by atoms with Crippen molar-refractivity contribution >= 4 is 41.2 Å². The Hall–Kier alpha value is -3.14. The number of ether oxygens (including phenoxy) is 1. The van der Waals surface area contributed by atoms with E-state index in [4.69, 9.17) is 29.0 Å². The number of benzene rings is 1. The Kier molecular flexibility index (Phi) is 5.46. The average Bonchev–Trinajstić information content (AvgIpc) is 3.48. The lowest BCUT2D eigenvalue weighted by Crippen LogP contribution is -2.17. The molecule has 0 saturated carbocycles. The van der Waals surface area contributed by atoms with Gasteiger partial charge in [-0.3, -0.25) is 13.8 Å². The van der Waals surface area contributed by atoms with Crippen LogP contribution in [-0.4, -0.2) is 31.3 Å². The highest BCUT2D eigenvalue weighted by molar-refractivity contribution is 7.80. The third-order valence-electron chi connectivity index (χ3n) is 4.92. The van der Waals surface area contributed by atoms with E-state index in [9.17, 15) is 4.79 Å². The molecule has 5 rings (SSSR count). The Balaban J connectivity index is 1.71. The van der Waals surface area contributed by atoms with Gasteiger partial charge in [0.05, 0.1) is 28.4 Å². The number of thiophene rings is 1. The van der Waals surface area contributed by atoms with Crippen molar-refractivity contribution in [1.82, 2.24) is 24.1 Å². The van der Waals surface area contributed by atoms with Gasteiger partial charge in [0, 0.05) is 12.3 Å². The van der Waals surface area contributed by atoms with Gasteiger partial charge in [-0.05, 0) is 35.7 Å². The molecule has 0 radical (unpaired) electrons. The van der Waals surface area contributed by atoms with Crippen LogP contribution in [0.5, 0.6) is 5.75 Å². The minimum Gasteiger partial charge on any atom is -0.495 e. The van der Waals surface area contributed by atoms with Crippen molar-refractivity contribution in [2.24, 2.45) is 0 Å². The number of hydrogen-bond donors (Lipinski definition) is 1. The minimum absolute atomic E-state index is 0.256. The van der Waals surface area contributed by atoms with Crippen molar-refractivity contribution in [3.05, 3.63) is 93.1 Å². The van der Waals surface area contributed by atoms with Gasteiger partial charge in [-0.1, -0.05) is 29.8 Å². The fraction of sp³-hybridized carbons (Fsp3) is 0.0909. The molecule has 0 spiro atoms. The number of fused-ring (bicyclic) bond motifs is 1. The van der Waals surface area contributed by atoms with Gasteiger partial charge in [0.2, 0.25) is 0 Å². The molecule has 1 unspecified atom stereocenters. The van der Waals surface area contributed by atoms with Crippen molar-refractivity contribution in [3.8, 4) is 22.1 Å². The van der Waals surface area contributed by atoms with Gasteiger partial charge in [0.25, 0.3) is 5.56 Å². The Morgan fingerprint density at radius 3 is 2.75 bits per heavy atom. The summed E-state index contributed by atoms with van der Waals surface area (Å²) >= 11 is 12.4. The number of methoxy groups -OCH3 is 1. The van der Waals surface area contributed by atoms with Gasteiger partial charge < -0.3 is 4.74 Å². The lowest BCUT2D eigenvalue weighted by molar-refractivity contribution is 0.412. The highest BCUT2D eigenvalue weighted by Crippen LogP contribution is 2.35. The highest BCUT2D eigenvalue weighted by atomic mass is 35.5. The molecule has 0 fully saturated rings. The molecule has 10 heteroatoms. The SMILES string of the molecule is COc1ccccc1-n1c(-c2cccs2)nnc1C(S)c1cc(=O)n2cc(Cl)ccc2n1. The number of para-hydroxylation sites is 2. The molecule has 0 aliphatic heterocycles. The fourth-order valence-electron chi connectivity index (χ4n) is 3.46. The van der Waals surface area contributed by atoms with Crippen LogP contribution in [0.2, 0.25) is 5.02 Å². The molecular weight excluding hydrogens is 466 g/mol. The van der Waals surface area contributed by atoms with Crippen molar-refractivity contribution in [2.75, 3.05) is 7.11 Å². The number of halogens is 1. The molecule has 0 amide bonds. The maximum atomic E-state index is 12.7. The van der Waals surface area contributed by atoms with Crippen molar-refractivity contribution in [1.29, 1.82) is 0 Å². The molecule has 1 atom stereocenters. The van der Waals surface area contributed by atoms with Gasteiger partial charge in [-0.15, -0.1) is 21.5 Å². The van der Waals surface area contributed by atoms with Crippen molar-refractivity contribution in [2.45, 2.75) is 5.25 Å². The van der Waals surface area contributed by atoms with Crippen LogP contribution in [0.3, 0.4) is 0 Å². The van der Waals surface area contributed by atoms with Gasteiger partial charge in [-0.25, -0.2) is 4.98 Å². The van der Waals surface area contributed by atoms with E-state index in [1.54, 1.807) is 30.6 Å². The summed E-state index contributed by atoms with van der Waals surface area (Å²) in [5.41, 5.74) is 1.44. The van der Waals surface area contributed by atoms with Crippen LogP contribution in [0.4, 0.5) is 0 Å². The standard InChI is InChI=1S/C22H16ClN5O2S2/c1-30-16-6-3-2-5-15(16)28-21(17-7-4-10-32-17)25-26-22(28)20(31)14-11-19(29)27-12-13(23)8-9-18(27)24-14/h2-12,20,31H,1H3. The third-order valence-corrected chi connectivity index (χ3v) is 6.51. The maximum Gasteiger partial charge on any atom is 0.258 e. The normalized spacial score (nSPS) is 12.2. The first-order chi connectivity index (χ1) is 15.6. The molecule has 0 aliphatic carbocycles. The van der Waals surface area contributed by atoms with E-state index in [-0.39, 0.29) is 5.56 Å². The fourth-order valence-corrected chi connectivity index (χ4v) is 4.62. The van der Waals surface area contributed by atoms with Crippen LogP contribution >= 0.6 is 35.6 Å². The first-order valence-corrected chi connectivity index (χ1v) is 11.3. The Morgan fingerprint density at radius 2 is 1.97 bits per heavy atom. The monoisotopic (exact) mass is 481 g/mol. The van der Waals surface area contributed by atoms with E-state index in [1.165, 1.54) is 16.7 Å². The second kappa shape index (κ2) is 8.42. The molecule has 7 nitrogen and oxygen atoms in total. The summed E-state index contributed by atoms with van der Waals surface area (Å²) in [6.07, 6.45) is 1.54. The van der Waals surface area contributed by atoms with E-state index < -0.39 is 5.25 Å². The lowest BCUT2D eigenvalue weighted by Gasteiger charge is -2.16. The van der Waals surface area contributed by atoms with E-state index in [0.717, 1.165) is 10.6 Å². The quantitative estimate of drug-likeness (QED) is 0.369. The lowest BCUT2D eigenvalue weighted by atomic mass is 10.2. The maximum absolute atomic E-state index is 12.7. The van der Waals surface area contributed by atoms with E-state index >= 15 is 0 Å². The second-order valence-electron chi connectivity index (χ2n) is 6.86. The summed E-state index contributed by atoms with van der Waals surface area (Å²) in [7, 11) is 1.61. The van der Waals surface area contributed by atoms with Crippen LogP contribution in [0.25, 0.3) is 22.0 Å². The molecule has 160 valence electrons. The number of rotatable bonds is 5. The van der Waals surface area contributed by atoms with Gasteiger partial charge >= 0.3 is 0 Å². The summed E-state index contributed by atoms with van der Waals surface area (Å²) in [6, 6.07) is 16.3. The molecule has 4 heterocycles. The zero-order chi connectivity index (χ0) is 22.2. The molecule has 32 heavy (non-hydrogen) atoms. The highest BCUT2D eigenvalue weighted by Gasteiger charge is 2.25. The summed E-state index contributed by atoms with van der Waals surface area (Å²) in [5.74, 6) is 1.84. The van der Waals surface area contributed by atoms with Crippen LogP contribution in [0.1, 0.15) is 16.8 Å². The predicted octanol–water partition coefficient (Wildman–Crippen LogP) is 4.68. The minimum atomic E-state index is -0.616. The summed E-state index contributed by atoms with van der Waals surface area (Å²) in [5, 5.41) is 10.7. The molecule has 0 saturated heterocycles. The smallest absolute Gasteiger partial charge is 0.258 e. The average molecular weight is 482 g/mol. The Bertz CT molecular complexity index is 1480. The first kappa shape index (κ1) is 20.7. The molecule has 0 bridgehead atoms. The molecule has 4 aromatic heterocycles. The molecule has 0 N–H and O–H groups in total. The van der Waals surface area contributed by atoms with Crippen LogP contribution in [0.15, 0.2) is 71.0 Å². The predicted molar refractivity (Wildman–Crippen MR) is 129 cm³/mol. The zero-order valence-corrected chi connectivity index (χ0v) is 19.2. The zero-order valence-electron chi connectivity index (χ0n) is 16.7. The largest absolute Gasteiger partial charge is 0.495 e. The Morgan fingerprint density at radius 1 is 1.12 bits per heavy atom. The van der Waals surface area contributed by atoms with E-state index in [1.807, 2.05) is 46.3 Å². The molecule has 5 aromatic rings. The van der Waals surface area contributed by atoms with Crippen LogP contribution in [0, 0.1) is 0 Å². The second-order valence-corrected chi connectivity index (χ2v) is 8.76. The molecule has 1 aromatic carbocycles. The van der Waals surface area contributed by atoms with Gasteiger partial charge in [0.1, 0.15) is 16.6 Å². The molecular formula is C22H16ClN5O2S2. The number of aromatic nitrogens is 5. The third kappa shape index (κ3) is 3.58. The first-order valence-electron chi connectivity index (χ1n) is 9.56. The van der Waals surface area contributed by atoms with Gasteiger partial charge in [0.15, 0.2) is 11.6 Å². The van der Waals surface area contributed by atoms with E-state index in [2.05, 4.69) is 15.2 Å². The Labute approximate surface area is 197 Å². The molecule has 0 aliphatic rings. The summed E-state index contributed by atoms with van der Waals surface area (Å²) in [4.78, 5) is 18.3. The van der Waals surface area contributed by atoms with Crippen LogP contribution < -0.4 is 10.3 Å². The topological polar surface area (TPSA) is 74.3 Å². The summed E-state index contributed by atoms with van der Waals surface area (Å²) in [6.45, 7) is 0. The number of nitrogens with zero attached hydrogens (tertiary/aromatic N) is 5.